The van der Waals surface area contributed by atoms with Crippen LogP contribution < -0.4 is 5.73 Å². The van der Waals surface area contributed by atoms with Gasteiger partial charge in [0, 0.05) is 11.1 Å². The van der Waals surface area contributed by atoms with E-state index >= 15 is 0 Å². The number of carbonyl (C=O) groups is 1. The Bertz CT molecular complexity index is 370. The van der Waals surface area contributed by atoms with Crippen LogP contribution in [-0.4, -0.2) is 19.3 Å². The van der Waals surface area contributed by atoms with Gasteiger partial charge in [-0.1, -0.05) is 30.3 Å². The molecule has 1 rings (SSSR count). The summed E-state index contributed by atoms with van der Waals surface area (Å²) in [6.07, 6.45) is -1.04. The van der Waals surface area contributed by atoms with Crippen LogP contribution in [-0.2, 0) is 25.0 Å². The number of hydrogen-bond donors (Lipinski definition) is 1. The third-order valence-corrected chi connectivity index (χ3v) is 2.35. The minimum atomic E-state index is -2.51. The summed E-state index contributed by atoms with van der Waals surface area (Å²) >= 11 is 0. The number of carbonyl (C=O) groups excluding carboxylic acids is 1. The van der Waals surface area contributed by atoms with E-state index in [1.807, 2.05) is 18.2 Å². The van der Waals surface area contributed by atoms with Gasteiger partial charge in [0.25, 0.3) is 0 Å². The Morgan fingerprint density at radius 1 is 1.29 bits per heavy atom. The van der Waals surface area contributed by atoms with Gasteiger partial charge in [-0.2, -0.15) is 4.79 Å². The predicted octanol–water partition coefficient (Wildman–Crippen LogP) is 1.97. The summed E-state index contributed by atoms with van der Waals surface area (Å²) in [5.41, 5.74) is 5.92. The van der Waals surface area contributed by atoms with Crippen LogP contribution in [0.3, 0.4) is 0 Å². The minimum absolute atomic E-state index is 0.0553. The fourth-order valence-corrected chi connectivity index (χ4v) is 1.44. The van der Waals surface area contributed by atoms with E-state index in [0.29, 0.717) is 0 Å². The standard InChI is InChI=1S/C10H13NO5P/c11-6-7-15-17(13)16-10(12)14-8-9-4-2-1-3-5-9/h1-5H,6-8,11H2/q+1. The van der Waals surface area contributed by atoms with Gasteiger partial charge in [-0.05, 0) is 5.56 Å². The third kappa shape index (κ3) is 5.97. The number of hydrogen-bond acceptors (Lipinski definition) is 6. The molecule has 0 saturated heterocycles. The SMILES string of the molecule is NCCO[P+](=O)OC(=O)OCc1ccccc1. The van der Waals surface area contributed by atoms with Crippen LogP contribution in [0.1, 0.15) is 5.56 Å². The molecule has 0 saturated carbocycles. The van der Waals surface area contributed by atoms with Crippen molar-refractivity contribution in [2.24, 2.45) is 5.73 Å². The highest BCUT2D eigenvalue weighted by molar-refractivity contribution is 7.34. The van der Waals surface area contributed by atoms with Crippen LogP contribution >= 0.6 is 8.25 Å². The number of nitrogens with two attached hydrogens (primary N) is 1. The fourth-order valence-electron chi connectivity index (χ4n) is 0.957. The van der Waals surface area contributed by atoms with Gasteiger partial charge in [0.05, 0.1) is 0 Å². The lowest BCUT2D eigenvalue weighted by Crippen LogP contribution is -2.07. The van der Waals surface area contributed by atoms with Crippen LogP contribution in [0.25, 0.3) is 0 Å². The van der Waals surface area contributed by atoms with Crippen molar-refractivity contribution in [3.8, 4) is 0 Å². The zero-order valence-electron chi connectivity index (χ0n) is 9.07. The maximum atomic E-state index is 11.1. The first-order valence-electron chi connectivity index (χ1n) is 4.91. The van der Waals surface area contributed by atoms with Gasteiger partial charge in [-0.25, -0.2) is 0 Å². The molecule has 0 aliphatic heterocycles. The van der Waals surface area contributed by atoms with E-state index in [1.54, 1.807) is 12.1 Å². The molecule has 0 aromatic heterocycles. The Kier molecular flexibility index (Phi) is 6.17. The van der Waals surface area contributed by atoms with Crippen molar-refractivity contribution >= 4 is 14.4 Å². The Morgan fingerprint density at radius 2 is 2.00 bits per heavy atom. The molecule has 1 atom stereocenters. The average Bonchev–Trinajstić information content (AvgIpc) is 2.35. The highest BCUT2D eigenvalue weighted by Gasteiger charge is 2.27. The topological polar surface area (TPSA) is 87.9 Å². The molecule has 92 valence electrons. The number of rotatable bonds is 6. The molecule has 1 aromatic carbocycles. The minimum Gasteiger partial charge on any atom is -0.426 e. The first kappa shape index (κ1) is 13.6. The van der Waals surface area contributed by atoms with Crippen LogP contribution in [0.2, 0.25) is 0 Å². The molecule has 0 bridgehead atoms. The van der Waals surface area contributed by atoms with Crippen LogP contribution in [0, 0.1) is 0 Å². The molecule has 0 radical (unpaired) electrons. The summed E-state index contributed by atoms with van der Waals surface area (Å²) < 4.78 is 24.6. The van der Waals surface area contributed by atoms with Crippen LogP contribution in [0.15, 0.2) is 30.3 Å². The van der Waals surface area contributed by atoms with Crippen molar-refractivity contribution in [2.75, 3.05) is 13.2 Å². The molecule has 0 fully saturated rings. The van der Waals surface area contributed by atoms with Crippen molar-refractivity contribution in [1.82, 2.24) is 0 Å². The Labute approximate surface area is 99.6 Å². The largest absolute Gasteiger partial charge is 0.756 e. The van der Waals surface area contributed by atoms with Gasteiger partial charge >= 0.3 is 14.4 Å². The summed E-state index contributed by atoms with van der Waals surface area (Å²) in [4.78, 5) is 11.1. The summed E-state index contributed by atoms with van der Waals surface area (Å²) in [5.74, 6) is 0. The van der Waals surface area contributed by atoms with Gasteiger partial charge < -0.3 is 10.5 Å². The maximum Gasteiger partial charge on any atom is 0.756 e. The second-order valence-corrected chi connectivity index (χ2v) is 3.85. The summed E-state index contributed by atoms with van der Waals surface area (Å²) in [6.45, 7) is 0.310. The Balaban J connectivity index is 2.24. The number of ether oxygens (including phenoxy) is 1. The van der Waals surface area contributed by atoms with Gasteiger partial charge in [-0.15, -0.1) is 9.05 Å². The smallest absolute Gasteiger partial charge is 0.426 e. The zero-order valence-corrected chi connectivity index (χ0v) is 9.97. The fraction of sp³-hybridized carbons (Fsp3) is 0.300. The molecule has 0 aliphatic rings. The second-order valence-electron chi connectivity index (χ2n) is 2.96. The lowest BCUT2D eigenvalue weighted by molar-refractivity contribution is 0.0886. The molecule has 0 amide bonds. The first-order valence-corrected chi connectivity index (χ1v) is 6.01. The zero-order chi connectivity index (χ0) is 12.5. The van der Waals surface area contributed by atoms with Crippen molar-refractivity contribution in [1.29, 1.82) is 0 Å². The van der Waals surface area contributed by atoms with E-state index < -0.39 is 14.4 Å². The predicted molar refractivity (Wildman–Crippen MR) is 60.3 cm³/mol. The van der Waals surface area contributed by atoms with E-state index in [2.05, 4.69) is 9.05 Å². The lowest BCUT2D eigenvalue weighted by Gasteiger charge is -1.99. The van der Waals surface area contributed by atoms with Gasteiger partial charge in [0.2, 0.25) is 0 Å². The van der Waals surface area contributed by atoms with Gasteiger partial charge in [-0.3, -0.25) is 0 Å². The average molecular weight is 258 g/mol. The molecule has 1 unspecified atom stereocenters. The maximum absolute atomic E-state index is 11.1. The molecule has 7 heteroatoms. The van der Waals surface area contributed by atoms with E-state index in [-0.39, 0.29) is 19.8 Å². The van der Waals surface area contributed by atoms with E-state index in [0.717, 1.165) is 5.56 Å². The monoisotopic (exact) mass is 258 g/mol. The third-order valence-electron chi connectivity index (χ3n) is 1.66. The first-order chi connectivity index (χ1) is 8.22. The van der Waals surface area contributed by atoms with Crippen molar-refractivity contribution < 1.29 is 23.1 Å². The molecule has 0 heterocycles. The van der Waals surface area contributed by atoms with E-state index in [1.165, 1.54) is 0 Å². The summed E-state index contributed by atoms with van der Waals surface area (Å²) in [6, 6.07) is 9.06. The molecule has 0 spiro atoms. The summed E-state index contributed by atoms with van der Waals surface area (Å²) in [7, 11) is -2.51. The van der Waals surface area contributed by atoms with Gasteiger partial charge in [0.1, 0.15) is 13.2 Å². The molecule has 1 aromatic rings. The highest BCUT2D eigenvalue weighted by Crippen LogP contribution is 2.24. The molecular weight excluding hydrogens is 245 g/mol. The van der Waals surface area contributed by atoms with Crippen molar-refractivity contribution in [3.05, 3.63) is 35.9 Å². The summed E-state index contributed by atoms with van der Waals surface area (Å²) in [5, 5.41) is 0. The molecule has 2 N–H and O–H groups in total. The molecule has 6 nitrogen and oxygen atoms in total. The highest BCUT2D eigenvalue weighted by atomic mass is 31.1. The van der Waals surface area contributed by atoms with E-state index in [9.17, 15) is 9.36 Å². The Hall–Kier alpha value is -1.49. The second kappa shape index (κ2) is 7.73. The van der Waals surface area contributed by atoms with Crippen molar-refractivity contribution in [2.45, 2.75) is 6.61 Å². The molecule has 17 heavy (non-hydrogen) atoms. The molecule has 0 aliphatic carbocycles. The van der Waals surface area contributed by atoms with E-state index in [4.69, 9.17) is 10.5 Å². The quantitative estimate of drug-likeness (QED) is 0.620. The van der Waals surface area contributed by atoms with Crippen LogP contribution in [0.4, 0.5) is 4.79 Å². The normalized spacial score (nSPS) is 10.8. The van der Waals surface area contributed by atoms with Crippen molar-refractivity contribution in [3.63, 3.8) is 0 Å². The van der Waals surface area contributed by atoms with Gasteiger partial charge in [0.15, 0.2) is 0 Å². The number of benzene rings is 1. The van der Waals surface area contributed by atoms with Crippen LogP contribution in [0.5, 0.6) is 0 Å². The Morgan fingerprint density at radius 3 is 2.65 bits per heavy atom. The lowest BCUT2D eigenvalue weighted by atomic mass is 10.2. The molecular formula is C10H13NO5P+.